The molecule has 0 spiro atoms. The minimum Gasteiger partial charge on any atom is -0.394 e. The summed E-state index contributed by atoms with van der Waals surface area (Å²) >= 11 is 0. The molecule has 5 nitrogen and oxygen atoms in total. The van der Waals surface area contributed by atoms with E-state index in [1.54, 1.807) is 6.20 Å². The maximum absolute atomic E-state index is 9.22. The normalized spacial score (nSPS) is 24.4. The largest absolute Gasteiger partial charge is 0.394 e. The molecule has 2 unspecified atom stereocenters. The zero-order chi connectivity index (χ0) is 13.7. The van der Waals surface area contributed by atoms with Gasteiger partial charge in [-0.05, 0) is 19.9 Å². The summed E-state index contributed by atoms with van der Waals surface area (Å²) in [5.74, 6) is 0.948. The molecule has 2 heterocycles. The maximum atomic E-state index is 9.22. The molecule has 0 saturated carbocycles. The molecule has 106 valence electrons. The van der Waals surface area contributed by atoms with Gasteiger partial charge in [-0.3, -0.25) is 4.90 Å². The molecule has 1 fully saturated rings. The smallest absolute Gasteiger partial charge is 0.130 e. The number of morpholine rings is 1. The number of pyridine rings is 1. The average molecular weight is 265 g/mol. The lowest BCUT2D eigenvalue weighted by Gasteiger charge is -2.37. The van der Waals surface area contributed by atoms with Gasteiger partial charge in [0.1, 0.15) is 5.82 Å². The summed E-state index contributed by atoms with van der Waals surface area (Å²) in [6.07, 6.45) is 1.73. The van der Waals surface area contributed by atoms with Gasteiger partial charge in [-0.25, -0.2) is 4.98 Å². The third kappa shape index (κ3) is 3.65. The highest BCUT2D eigenvalue weighted by Gasteiger charge is 2.26. The predicted molar refractivity (Wildman–Crippen MR) is 75.1 cm³/mol. The quantitative estimate of drug-likeness (QED) is 0.835. The van der Waals surface area contributed by atoms with Crippen LogP contribution in [0.15, 0.2) is 18.3 Å². The average Bonchev–Trinajstić information content (AvgIpc) is 2.43. The molecule has 5 heteroatoms. The summed E-state index contributed by atoms with van der Waals surface area (Å²) in [6, 6.07) is 4.42. The number of aromatic nitrogens is 1. The van der Waals surface area contributed by atoms with Crippen molar-refractivity contribution in [2.45, 2.75) is 32.5 Å². The number of hydrogen-bond donors (Lipinski definition) is 2. The summed E-state index contributed by atoms with van der Waals surface area (Å²) in [7, 11) is 0. The number of aliphatic hydroxyl groups is 1. The van der Waals surface area contributed by atoms with E-state index in [1.165, 1.54) is 5.56 Å². The molecule has 19 heavy (non-hydrogen) atoms. The van der Waals surface area contributed by atoms with E-state index in [0.29, 0.717) is 12.6 Å². The fourth-order valence-corrected chi connectivity index (χ4v) is 2.32. The number of aliphatic hydroxyl groups excluding tert-OH is 1. The molecule has 0 bridgehead atoms. The first-order valence-corrected chi connectivity index (χ1v) is 6.88. The van der Waals surface area contributed by atoms with Gasteiger partial charge in [0.25, 0.3) is 0 Å². The van der Waals surface area contributed by atoms with E-state index in [-0.39, 0.29) is 12.7 Å². The van der Waals surface area contributed by atoms with Crippen LogP contribution in [0.5, 0.6) is 0 Å². The van der Waals surface area contributed by atoms with E-state index in [9.17, 15) is 5.11 Å². The van der Waals surface area contributed by atoms with Crippen LogP contribution < -0.4 is 5.32 Å². The van der Waals surface area contributed by atoms with Crippen LogP contribution in [0.1, 0.15) is 19.4 Å². The second-order valence-electron chi connectivity index (χ2n) is 4.96. The van der Waals surface area contributed by atoms with Crippen LogP contribution in [-0.2, 0) is 11.3 Å². The highest BCUT2D eigenvalue weighted by Crippen LogP contribution is 2.19. The molecular weight excluding hydrogens is 242 g/mol. The third-order valence-electron chi connectivity index (χ3n) is 3.45. The molecule has 2 atom stereocenters. The number of ether oxygens (including phenoxy) is 1. The minimum absolute atomic E-state index is 0.0737. The van der Waals surface area contributed by atoms with Crippen LogP contribution in [0.3, 0.4) is 0 Å². The van der Waals surface area contributed by atoms with Crippen LogP contribution in [0.25, 0.3) is 0 Å². The van der Waals surface area contributed by atoms with E-state index in [4.69, 9.17) is 4.74 Å². The highest BCUT2D eigenvalue weighted by atomic mass is 16.5. The van der Waals surface area contributed by atoms with Gasteiger partial charge in [-0.2, -0.15) is 0 Å². The predicted octanol–water partition coefficient (Wildman–Crippen LogP) is 1.09. The Hall–Kier alpha value is -1.17. The van der Waals surface area contributed by atoms with Crippen molar-refractivity contribution in [3.63, 3.8) is 0 Å². The van der Waals surface area contributed by atoms with E-state index >= 15 is 0 Å². The van der Waals surface area contributed by atoms with Crippen molar-refractivity contribution >= 4 is 5.82 Å². The Kier molecular flexibility index (Phi) is 5.13. The first-order valence-electron chi connectivity index (χ1n) is 6.88. The van der Waals surface area contributed by atoms with E-state index < -0.39 is 0 Å². The molecule has 2 rings (SSSR count). The topological polar surface area (TPSA) is 57.6 Å². The molecular formula is C14H23N3O2. The Morgan fingerprint density at radius 3 is 3.16 bits per heavy atom. The van der Waals surface area contributed by atoms with Gasteiger partial charge in [-0.1, -0.05) is 6.07 Å². The van der Waals surface area contributed by atoms with Crippen LogP contribution in [0.2, 0.25) is 0 Å². The molecule has 1 aromatic heterocycles. The van der Waals surface area contributed by atoms with Gasteiger partial charge in [0.15, 0.2) is 0 Å². The summed E-state index contributed by atoms with van der Waals surface area (Å²) in [5, 5.41) is 12.5. The standard InChI is InChI=1S/C14H23N3O2/c1-3-15-14-12(5-4-6-16-14)7-17-8-13(9-18)19-10-11(17)2/h4-6,11,13,18H,3,7-10H2,1-2H3,(H,15,16). The van der Waals surface area contributed by atoms with Crippen molar-refractivity contribution in [2.75, 3.05) is 31.6 Å². The number of nitrogens with zero attached hydrogens (tertiary/aromatic N) is 2. The summed E-state index contributed by atoms with van der Waals surface area (Å²) in [5.41, 5.74) is 1.19. The summed E-state index contributed by atoms with van der Waals surface area (Å²) in [6.45, 7) is 7.42. The first-order chi connectivity index (χ1) is 9.24. The van der Waals surface area contributed by atoms with Crippen molar-refractivity contribution in [3.05, 3.63) is 23.9 Å². The molecule has 0 amide bonds. The van der Waals surface area contributed by atoms with Gasteiger partial charge < -0.3 is 15.2 Å². The summed E-state index contributed by atoms with van der Waals surface area (Å²) in [4.78, 5) is 6.72. The first kappa shape index (κ1) is 14.2. The van der Waals surface area contributed by atoms with Crippen LogP contribution in [-0.4, -0.2) is 53.4 Å². The second-order valence-corrected chi connectivity index (χ2v) is 4.96. The Labute approximate surface area is 114 Å². The molecule has 1 saturated heterocycles. The van der Waals surface area contributed by atoms with Gasteiger partial charge in [0, 0.05) is 37.4 Å². The molecule has 1 aliphatic heterocycles. The van der Waals surface area contributed by atoms with Crippen molar-refractivity contribution in [1.82, 2.24) is 9.88 Å². The third-order valence-corrected chi connectivity index (χ3v) is 3.45. The number of hydrogen-bond acceptors (Lipinski definition) is 5. The van der Waals surface area contributed by atoms with Crippen LogP contribution in [0, 0.1) is 0 Å². The molecule has 1 aromatic rings. The van der Waals surface area contributed by atoms with Crippen molar-refractivity contribution in [1.29, 1.82) is 0 Å². The fraction of sp³-hybridized carbons (Fsp3) is 0.643. The highest BCUT2D eigenvalue weighted by molar-refractivity contribution is 5.43. The lowest BCUT2D eigenvalue weighted by molar-refractivity contribution is -0.0805. The number of anilines is 1. The Morgan fingerprint density at radius 2 is 2.42 bits per heavy atom. The van der Waals surface area contributed by atoms with E-state index in [0.717, 1.165) is 25.5 Å². The summed E-state index contributed by atoms with van der Waals surface area (Å²) < 4.78 is 5.56. The van der Waals surface area contributed by atoms with Gasteiger partial charge >= 0.3 is 0 Å². The van der Waals surface area contributed by atoms with Crippen LogP contribution >= 0.6 is 0 Å². The van der Waals surface area contributed by atoms with E-state index in [2.05, 4.69) is 35.1 Å². The Bertz CT molecular complexity index is 400. The number of nitrogens with one attached hydrogen (secondary N) is 1. The second kappa shape index (κ2) is 6.84. The maximum Gasteiger partial charge on any atom is 0.130 e. The van der Waals surface area contributed by atoms with Gasteiger partial charge in [0.2, 0.25) is 0 Å². The molecule has 2 N–H and O–H groups in total. The Morgan fingerprint density at radius 1 is 1.58 bits per heavy atom. The lowest BCUT2D eigenvalue weighted by Crippen LogP contribution is -2.48. The monoisotopic (exact) mass is 265 g/mol. The van der Waals surface area contributed by atoms with Crippen LogP contribution in [0.4, 0.5) is 5.82 Å². The molecule has 0 radical (unpaired) electrons. The Balaban J connectivity index is 2.06. The van der Waals surface area contributed by atoms with Crippen molar-refractivity contribution in [2.24, 2.45) is 0 Å². The minimum atomic E-state index is -0.0737. The lowest BCUT2D eigenvalue weighted by atomic mass is 10.1. The zero-order valence-corrected chi connectivity index (χ0v) is 11.7. The zero-order valence-electron chi connectivity index (χ0n) is 11.7. The van der Waals surface area contributed by atoms with E-state index in [1.807, 2.05) is 6.07 Å². The van der Waals surface area contributed by atoms with Gasteiger partial charge in [-0.15, -0.1) is 0 Å². The molecule has 1 aliphatic rings. The SMILES string of the molecule is CCNc1ncccc1CN1CC(CO)OCC1C. The molecule has 0 aliphatic carbocycles. The van der Waals surface area contributed by atoms with Gasteiger partial charge in [0.05, 0.1) is 19.3 Å². The fourth-order valence-electron chi connectivity index (χ4n) is 2.32. The number of rotatable bonds is 5. The van der Waals surface area contributed by atoms with Crippen molar-refractivity contribution < 1.29 is 9.84 Å². The van der Waals surface area contributed by atoms with Crippen molar-refractivity contribution in [3.8, 4) is 0 Å². The molecule has 0 aromatic carbocycles.